The van der Waals surface area contributed by atoms with Crippen molar-refractivity contribution in [1.82, 2.24) is 18.3 Å². The molecule has 7 aromatic carbocycles. The SMILES string of the molecule is C=C/C=C\C=C/Cn1c2cc(-n3c4ccccc4c4c5ccccc5n(-c5cccc(-n6c7ccccc7c7ccccc76)c5)c43)ccc2c2c3ccccc3oc21. The van der Waals surface area contributed by atoms with Crippen molar-refractivity contribution in [3.8, 4) is 17.1 Å². The van der Waals surface area contributed by atoms with Crippen LogP contribution in [0.2, 0.25) is 0 Å². The Morgan fingerprint density at radius 2 is 0.966 bits per heavy atom. The van der Waals surface area contributed by atoms with E-state index < -0.39 is 0 Å². The molecule has 12 rings (SSSR count). The summed E-state index contributed by atoms with van der Waals surface area (Å²) in [7, 11) is 0. The van der Waals surface area contributed by atoms with Crippen molar-refractivity contribution < 1.29 is 4.42 Å². The van der Waals surface area contributed by atoms with Crippen LogP contribution in [0.5, 0.6) is 0 Å². The van der Waals surface area contributed by atoms with E-state index in [1.54, 1.807) is 6.08 Å². The maximum atomic E-state index is 6.61. The van der Waals surface area contributed by atoms with Gasteiger partial charge in [-0.1, -0.05) is 134 Å². The van der Waals surface area contributed by atoms with E-state index in [2.05, 4.69) is 195 Å². The summed E-state index contributed by atoms with van der Waals surface area (Å²) >= 11 is 0. The highest BCUT2D eigenvalue weighted by Crippen LogP contribution is 2.43. The van der Waals surface area contributed by atoms with E-state index in [0.29, 0.717) is 6.54 Å². The Hall–Kier alpha value is -7.76. The predicted octanol–water partition coefficient (Wildman–Crippen LogP) is 14.0. The Labute approximate surface area is 333 Å². The van der Waals surface area contributed by atoms with Crippen LogP contribution >= 0.6 is 0 Å². The van der Waals surface area contributed by atoms with Gasteiger partial charge in [0.15, 0.2) is 0 Å². The molecule has 12 aromatic rings. The molecule has 58 heavy (non-hydrogen) atoms. The van der Waals surface area contributed by atoms with Gasteiger partial charge in [-0.2, -0.15) is 0 Å². The minimum Gasteiger partial charge on any atom is -0.439 e. The van der Waals surface area contributed by atoms with Gasteiger partial charge in [0.25, 0.3) is 0 Å². The zero-order chi connectivity index (χ0) is 38.3. The highest BCUT2D eigenvalue weighted by atomic mass is 16.3. The molecule has 0 bridgehead atoms. The third-order valence-corrected chi connectivity index (χ3v) is 11.8. The zero-order valence-electron chi connectivity index (χ0n) is 31.6. The molecule has 0 amide bonds. The number of benzene rings is 7. The quantitative estimate of drug-likeness (QED) is 0.150. The monoisotopic (exact) mass is 744 g/mol. The second-order valence-corrected chi connectivity index (χ2v) is 14.9. The fourth-order valence-corrected chi connectivity index (χ4v) is 9.45. The van der Waals surface area contributed by atoms with Gasteiger partial charge < -0.3 is 13.6 Å². The molecule has 0 spiro atoms. The van der Waals surface area contributed by atoms with Crippen molar-refractivity contribution in [1.29, 1.82) is 0 Å². The number of furan rings is 1. The van der Waals surface area contributed by atoms with Gasteiger partial charge in [0, 0.05) is 61.3 Å². The lowest BCUT2D eigenvalue weighted by molar-refractivity contribution is 0.625. The van der Waals surface area contributed by atoms with Gasteiger partial charge in [0.05, 0.1) is 33.0 Å². The molecule has 5 heteroatoms. The van der Waals surface area contributed by atoms with E-state index in [0.717, 1.165) is 61.3 Å². The standard InChI is InChI=1S/C53H36N4O/c1-2-3-4-5-16-32-54-48-34-37(30-31-42(48)51-43-24-10-15-29-49(43)58-53(51)54)57-47-28-14-9-23-41(47)50-40-22-8-13-27-46(40)56(52(50)57)36-19-17-18-35(33-36)55-44-25-11-6-20-38(44)39-21-7-12-26-45(39)55/h2-31,33-34H,1,32H2/b4-3-,16-5-. The van der Waals surface area contributed by atoms with Crippen LogP contribution in [0.3, 0.4) is 0 Å². The lowest BCUT2D eigenvalue weighted by Gasteiger charge is -2.15. The number of rotatable bonds is 7. The minimum absolute atomic E-state index is 0.655. The molecule has 0 saturated heterocycles. The van der Waals surface area contributed by atoms with Gasteiger partial charge in [-0.15, -0.1) is 0 Å². The molecule has 0 aliphatic heterocycles. The van der Waals surface area contributed by atoms with Crippen LogP contribution in [0, 0.1) is 0 Å². The summed E-state index contributed by atoms with van der Waals surface area (Å²) < 4.78 is 16.2. The van der Waals surface area contributed by atoms with Crippen molar-refractivity contribution in [3.63, 3.8) is 0 Å². The second-order valence-electron chi connectivity index (χ2n) is 14.9. The molecule has 0 atom stereocenters. The van der Waals surface area contributed by atoms with Gasteiger partial charge >= 0.3 is 0 Å². The average Bonchev–Trinajstić information content (AvgIpc) is 4.06. The molecule has 5 nitrogen and oxygen atoms in total. The van der Waals surface area contributed by atoms with Crippen molar-refractivity contribution in [2.75, 3.05) is 0 Å². The van der Waals surface area contributed by atoms with E-state index in [9.17, 15) is 0 Å². The lowest BCUT2D eigenvalue weighted by Crippen LogP contribution is -2.03. The summed E-state index contributed by atoms with van der Waals surface area (Å²) in [6.45, 7) is 4.48. The topological polar surface area (TPSA) is 32.9 Å². The van der Waals surface area contributed by atoms with Crippen LogP contribution in [0.25, 0.3) is 105 Å². The van der Waals surface area contributed by atoms with Crippen molar-refractivity contribution >= 4 is 87.6 Å². The maximum absolute atomic E-state index is 6.61. The Bertz CT molecular complexity index is 3630. The molecule has 0 fully saturated rings. The number of fused-ring (bicyclic) bond motifs is 13. The molecule has 0 aliphatic rings. The molecule has 274 valence electrons. The molecule has 5 aromatic heterocycles. The minimum atomic E-state index is 0.655. The highest BCUT2D eigenvalue weighted by Gasteiger charge is 2.24. The summed E-state index contributed by atoms with van der Waals surface area (Å²) in [6, 6.07) is 59.3. The molecular weight excluding hydrogens is 709 g/mol. The van der Waals surface area contributed by atoms with E-state index in [1.165, 1.54) is 43.4 Å². The van der Waals surface area contributed by atoms with Crippen LogP contribution in [0.15, 0.2) is 205 Å². The summed E-state index contributed by atoms with van der Waals surface area (Å²) in [5, 5.41) is 9.63. The summed E-state index contributed by atoms with van der Waals surface area (Å²) in [6.07, 6.45) is 9.99. The molecular formula is C53H36N4O. The van der Waals surface area contributed by atoms with Crippen molar-refractivity contribution in [3.05, 3.63) is 201 Å². The lowest BCUT2D eigenvalue weighted by atomic mass is 10.1. The van der Waals surface area contributed by atoms with Crippen LogP contribution < -0.4 is 0 Å². The highest BCUT2D eigenvalue weighted by molar-refractivity contribution is 6.23. The van der Waals surface area contributed by atoms with Crippen LogP contribution in [-0.2, 0) is 6.54 Å². The first-order valence-electron chi connectivity index (χ1n) is 19.8. The fourth-order valence-electron chi connectivity index (χ4n) is 9.45. The molecule has 0 radical (unpaired) electrons. The third-order valence-electron chi connectivity index (χ3n) is 11.8. The normalized spacial score (nSPS) is 12.5. The molecule has 0 aliphatic carbocycles. The summed E-state index contributed by atoms with van der Waals surface area (Å²) in [5.74, 6) is 0. The average molecular weight is 745 g/mol. The van der Waals surface area contributed by atoms with Gasteiger partial charge in [-0.3, -0.25) is 9.13 Å². The molecule has 0 saturated carbocycles. The van der Waals surface area contributed by atoms with Gasteiger partial charge in [0.1, 0.15) is 11.2 Å². The number of hydrogen-bond acceptors (Lipinski definition) is 1. The smallest absolute Gasteiger partial charge is 0.209 e. The number of allylic oxidation sites excluding steroid dienone is 5. The van der Waals surface area contributed by atoms with Gasteiger partial charge in [-0.25, -0.2) is 0 Å². The number of hydrogen-bond donors (Lipinski definition) is 0. The maximum Gasteiger partial charge on any atom is 0.209 e. The Morgan fingerprint density at radius 1 is 0.431 bits per heavy atom. The third kappa shape index (κ3) is 4.58. The van der Waals surface area contributed by atoms with E-state index in [-0.39, 0.29) is 0 Å². The first-order chi connectivity index (χ1) is 28.8. The predicted molar refractivity (Wildman–Crippen MR) is 243 cm³/mol. The number of nitrogens with zero attached hydrogens (tertiary/aromatic N) is 4. The van der Waals surface area contributed by atoms with E-state index >= 15 is 0 Å². The molecule has 0 N–H and O–H groups in total. The number of para-hydroxylation sites is 5. The summed E-state index contributed by atoms with van der Waals surface area (Å²) in [5.41, 5.74) is 12.0. The van der Waals surface area contributed by atoms with Crippen LogP contribution in [-0.4, -0.2) is 18.3 Å². The van der Waals surface area contributed by atoms with Crippen LogP contribution in [0.4, 0.5) is 0 Å². The Morgan fingerprint density at radius 3 is 1.62 bits per heavy atom. The van der Waals surface area contributed by atoms with Crippen molar-refractivity contribution in [2.45, 2.75) is 6.54 Å². The van der Waals surface area contributed by atoms with E-state index in [4.69, 9.17) is 4.42 Å². The van der Waals surface area contributed by atoms with Crippen molar-refractivity contribution in [2.24, 2.45) is 0 Å². The van der Waals surface area contributed by atoms with E-state index in [1.807, 2.05) is 18.2 Å². The zero-order valence-corrected chi connectivity index (χ0v) is 31.6. The molecule has 0 unspecified atom stereocenters. The van der Waals surface area contributed by atoms with Gasteiger partial charge in [0.2, 0.25) is 5.71 Å². The van der Waals surface area contributed by atoms with Gasteiger partial charge in [-0.05, 0) is 66.7 Å². The first kappa shape index (κ1) is 32.5. The fraction of sp³-hybridized carbons (Fsp3) is 0.0189. The van der Waals surface area contributed by atoms with Crippen LogP contribution in [0.1, 0.15) is 0 Å². The largest absolute Gasteiger partial charge is 0.439 e. The molecule has 5 heterocycles. The first-order valence-corrected chi connectivity index (χ1v) is 19.8. The second kappa shape index (κ2) is 12.6. The Kier molecular flexibility index (Phi) is 7.07. The Balaban J connectivity index is 1.14. The number of aromatic nitrogens is 4. The summed E-state index contributed by atoms with van der Waals surface area (Å²) in [4.78, 5) is 0.